The van der Waals surface area contributed by atoms with E-state index in [1.165, 1.54) is 161 Å². The number of hydrogen-bond acceptors (Lipinski definition) is 6. The third-order valence-corrected chi connectivity index (χ3v) is 13.4. The lowest BCUT2D eigenvalue weighted by Gasteiger charge is -2.18. The minimum atomic E-state index is -0.795. The van der Waals surface area contributed by atoms with Crippen LogP contribution in [0.3, 0.4) is 0 Å². The first-order chi connectivity index (χ1) is 36.0. The Morgan fingerprint density at radius 3 is 0.849 bits per heavy atom. The highest BCUT2D eigenvalue weighted by atomic mass is 16.6. The van der Waals surface area contributed by atoms with E-state index in [0.717, 1.165) is 103 Å². The fraction of sp³-hybridized carbons (Fsp3) is 0.746. The van der Waals surface area contributed by atoms with Gasteiger partial charge >= 0.3 is 17.9 Å². The molecule has 0 aromatic heterocycles. The van der Waals surface area contributed by atoms with Crippen LogP contribution in [-0.4, -0.2) is 37.2 Å². The average molecular weight is 1020 g/mol. The van der Waals surface area contributed by atoms with Gasteiger partial charge in [0.25, 0.3) is 0 Å². The van der Waals surface area contributed by atoms with Crippen LogP contribution in [0.4, 0.5) is 0 Å². The summed E-state index contributed by atoms with van der Waals surface area (Å²) in [5.74, 6) is -0.912. The van der Waals surface area contributed by atoms with E-state index in [1.54, 1.807) is 0 Å². The van der Waals surface area contributed by atoms with Crippen molar-refractivity contribution in [2.45, 2.75) is 309 Å². The van der Waals surface area contributed by atoms with Crippen molar-refractivity contribution in [3.05, 3.63) is 85.1 Å². The van der Waals surface area contributed by atoms with E-state index in [4.69, 9.17) is 14.2 Å². The molecule has 0 N–H and O–H groups in total. The van der Waals surface area contributed by atoms with Crippen molar-refractivity contribution in [1.82, 2.24) is 0 Å². The standard InChI is InChI=1S/C67H116O6/c1-4-7-10-13-16-19-22-25-28-31-32-33-34-37-39-42-45-48-51-54-57-60-66(69)72-63-64(73-67(70)61-58-55-52-49-46-43-40-36-30-27-24-21-18-15-12-9-6-3)62-71-65(68)59-56-53-50-47-44-41-38-35-29-26-23-20-17-14-11-8-5-2/h9,12,18,21-22,25-27,29-32,40,43,64H,4-8,10-11,13-17,19-20,23-24,28,33-39,41-42,44-63H2,1-3H3/b12-9-,21-18-,25-22-,29-26-,30-27-,32-31-,43-40-. The van der Waals surface area contributed by atoms with Gasteiger partial charge in [-0.15, -0.1) is 0 Å². The number of allylic oxidation sites excluding steroid dienone is 14. The van der Waals surface area contributed by atoms with Crippen molar-refractivity contribution in [3.8, 4) is 0 Å². The zero-order valence-electron chi connectivity index (χ0n) is 48.1. The lowest BCUT2D eigenvalue weighted by Crippen LogP contribution is -2.30. The fourth-order valence-corrected chi connectivity index (χ4v) is 8.69. The van der Waals surface area contributed by atoms with E-state index in [9.17, 15) is 14.4 Å². The second-order valence-corrected chi connectivity index (χ2v) is 20.6. The normalized spacial score (nSPS) is 12.6. The van der Waals surface area contributed by atoms with E-state index >= 15 is 0 Å². The van der Waals surface area contributed by atoms with E-state index in [1.807, 2.05) is 0 Å². The van der Waals surface area contributed by atoms with Gasteiger partial charge in [0.2, 0.25) is 0 Å². The molecule has 6 heteroatoms. The van der Waals surface area contributed by atoms with Gasteiger partial charge in [0, 0.05) is 19.3 Å². The molecular formula is C67H116O6. The summed E-state index contributed by atoms with van der Waals surface area (Å²) in [6.45, 7) is 6.51. The van der Waals surface area contributed by atoms with Gasteiger partial charge < -0.3 is 14.2 Å². The molecule has 420 valence electrons. The summed E-state index contributed by atoms with van der Waals surface area (Å²) in [5, 5.41) is 0. The summed E-state index contributed by atoms with van der Waals surface area (Å²) >= 11 is 0. The van der Waals surface area contributed by atoms with Crippen molar-refractivity contribution in [3.63, 3.8) is 0 Å². The summed E-state index contributed by atoms with van der Waals surface area (Å²) in [6, 6.07) is 0. The molecule has 73 heavy (non-hydrogen) atoms. The zero-order valence-corrected chi connectivity index (χ0v) is 48.1. The smallest absolute Gasteiger partial charge is 0.306 e. The second kappa shape index (κ2) is 61.1. The highest BCUT2D eigenvalue weighted by Gasteiger charge is 2.19. The SMILES string of the molecule is CC/C=C\C/C=C\C/C=C\C/C=C\CCCCCCC(=O)OC(COC(=O)CCCCCCCCC/C=C\CCCCCCCC)COC(=O)CCCCCCCCCCC/C=C\C/C=C\CCCCCCC. The van der Waals surface area contributed by atoms with Crippen LogP contribution in [0, 0.1) is 0 Å². The molecular weight excluding hydrogens is 901 g/mol. The highest BCUT2D eigenvalue weighted by molar-refractivity contribution is 5.71. The summed E-state index contributed by atoms with van der Waals surface area (Å²) in [4.78, 5) is 38.3. The maximum Gasteiger partial charge on any atom is 0.306 e. The second-order valence-electron chi connectivity index (χ2n) is 20.6. The maximum absolute atomic E-state index is 12.9. The lowest BCUT2D eigenvalue weighted by atomic mass is 10.1. The monoisotopic (exact) mass is 1020 g/mol. The molecule has 0 bridgehead atoms. The van der Waals surface area contributed by atoms with Crippen LogP contribution < -0.4 is 0 Å². The average Bonchev–Trinajstić information content (AvgIpc) is 3.39. The number of carbonyl (C=O) groups is 3. The predicted molar refractivity (Wildman–Crippen MR) is 316 cm³/mol. The summed E-state index contributed by atoms with van der Waals surface area (Å²) < 4.78 is 16.9. The molecule has 0 rings (SSSR count). The Morgan fingerprint density at radius 2 is 0.534 bits per heavy atom. The minimum Gasteiger partial charge on any atom is -0.462 e. The van der Waals surface area contributed by atoms with Crippen LogP contribution >= 0.6 is 0 Å². The molecule has 0 aliphatic carbocycles. The van der Waals surface area contributed by atoms with Gasteiger partial charge in [-0.25, -0.2) is 0 Å². The molecule has 0 amide bonds. The van der Waals surface area contributed by atoms with Gasteiger partial charge in [-0.3, -0.25) is 14.4 Å². The van der Waals surface area contributed by atoms with Crippen LogP contribution in [0.1, 0.15) is 303 Å². The van der Waals surface area contributed by atoms with Gasteiger partial charge in [-0.05, 0) is 116 Å². The van der Waals surface area contributed by atoms with Gasteiger partial charge in [0.05, 0.1) is 0 Å². The van der Waals surface area contributed by atoms with Crippen molar-refractivity contribution in [2.24, 2.45) is 0 Å². The molecule has 0 saturated heterocycles. The zero-order chi connectivity index (χ0) is 52.9. The lowest BCUT2D eigenvalue weighted by molar-refractivity contribution is -0.167. The molecule has 0 fully saturated rings. The topological polar surface area (TPSA) is 78.9 Å². The molecule has 0 aromatic carbocycles. The Bertz CT molecular complexity index is 1400. The van der Waals surface area contributed by atoms with Gasteiger partial charge in [-0.1, -0.05) is 254 Å². The Morgan fingerprint density at radius 1 is 0.288 bits per heavy atom. The van der Waals surface area contributed by atoms with Gasteiger partial charge in [-0.2, -0.15) is 0 Å². The summed E-state index contributed by atoms with van der Waals surface area (Å²) in [5.41, 5.74) is 0. The third-order valence-electron chi connectivity index (χ3n) is 13.4. The Labute approximate surface area is 452 Å². The highest BCUT2D eigenvalue weighted by Crippen LogP contribution is 2.15. The van der Waals surface area contributed by atoms with Crippen molar-refractivity contribution >= 4 is 17.9 Å². The van der Waals surface area contributed by atoms with Crippen molar-refractivity contribution in [1.29, 1.82) is 0 Å². The van der Waals surface area contributed by atoms with Crippen LogP contribution in [-0.2, 0) is 28.6 Å². The van der Waals surface area contributed by atoms with E-state index in [2.05, 4.69) is 106 Å². The molecule has 1 unspecified atom stereocenters. The summed E-state index contributed by atoms with van der Waals surface area (Å²) in [6.07, 6.45) is 80.0. The number of carbonyl (C=O) groups excluding carboxylic acids is 3. The number of esters is 3. The van der Waals surface area contributed by atoms with Gasteiger partial charge in [0.15, 0.2) is 6.10 Å². The molecule has 0 aliphatic rings. The van der Waals surface area contributed by atoms with Crippen LogP contribution in [0.25, 0.3) is 0 Å². The van der Waals surface area contributed by atoms with Crippen LogP contribution in [0.2, 0.25) is 0 Å². The van der Waals surface area contributed by atoms with E-state index < -0.39 is 6.10 Å². The third kappa shape index (κ3) is 59.3. The fourth-order valence-electron chi connectivity index (χ4n) is 8.69. The Hall–Kier alpha value is -3.41. The maximum atomic E-state index is 12.9. The number of rotatable bonds is 56. The molecule has 0 heterocycles. The van der Waals surface area contributed by atoms with Crippen molar-refractivity contribution in [2.75, 3.05) is 13.2 Å². The first-order valence-electron chi connectivity index (χ1n) is 31.1. The minimum absolute atomic E-state index is 0.0895. The quantitative estimate of drug-likeness (QED) is 0.0261. The molecule has 0 radical (unpaired) electrons. The molecule has 1 atom stereocenters. The number of hydrogen-bond donors (Lipinski definition) is 0. The predicted octanol–water partition coefficient (Wildman–Crippen LogP) is 21.1. The summed E-state index contributed by atoms with van der Waals surface area (Å²) in [7, 11) is 0. The molecule has 0 aromatic rings. The van der Waals surface area contributed by atoms with Crippen LogP contribution in [0.5, 0.6) is 0 Å². The number of unbranched alkanes of at least 4 members (excludes halogenated alkanes) is 31. The van der Waals surface area contributed by atoms with E-state index in [-0.39, 0.29) is 31.1 Å². The number of ether oxygens (including phenoxy) is 3. The first kappa shape index (κ1) is 69.6. The first-order valence-corrected chi connectivity index (χ1v) is 31.1. The van der Waals surface area contributed by atoms with Crippen LogP contribution in [0.15, 0.2) is 85.1 Å². The largest absolute Gasteiger partial charge is 0.462 e. The molecule has 0 aliphatic heterocycles. The molecule has 6 nitrogen and oxygen atoms in total. The van der Waals surface area contributed by atoms with E-state index in [0.29, 0.717) is 19.3 Å². The van der Waals surface area contributed by atoms with Crippen molar-refractivity contribution < 1.29 is 28.6 Å². The Kier molecular flexibility index (Phi) is 58.3. The van der Waals surface area contributed by atoms with Gasteiger partial charge in [0.1, 0.15) is 13.2 Å². The molecule has 0 spiro atoms. The molecule has 0 saturated carbocycles. The Balaban J connectivity index is 4.41.